The molecule has 2 aliphatic heterocycles. The first-order valence-electron chi connectivity index (χ1n) is 11.7. The van der Waals surface area contributed by atoms with Crippen molar-refractivity contribution in [2.75, 3.05) is 26.2 Å². The van der Waals surface area contributed by atoms with Gasteiger partial charge in [0.1, 0.15) is 11.6 Å². The minimum Gasteiger partial charge on any atom is -0.459 e. The monoisotopic (exact) mass is 537 g/mol. The Balaban J connectivity index is 1.25. The lowest BCUT2D eigenvalue weighted by Crippen LogP contribution is -2.50. The number of hydrogen-bond acceptors (Lipinski definition) is 6. The van der Waals surface area contributed by atoms with Gasteiger partial charge in [-0.25, -0.2) is 8.78 Å². The summed E-state index contributed by atoms with van der Waals surface area (Å²) >= 11 is 0.710. The van der Waals surface area contributed by atoms with Crippen molar-refractivity contribution < 1.29 is 32.4 Å². The third-order valence-electron chi connectivity index (χ3n) is 6.23. The van der Waals surface area contributed by atoms with Crippen LogP contribution < -0.4 is 0 Å². The highest BCUT2D eigenvalue weighted by molar-refractivity contribution is 8.18. The van der Waals surface area contributed by atoms with E-state index in [0.717, 1.165) is 11.0 Å². The molecule has 4 amide bonds. The van der Waals surface area contributed by atoms with Gasteiger partial charge in [-0.1, -0.05) is 18.2 Å². The molecule has 0 saturated carbocycles. The van der Waals surface area contributed by atoms with Crippen LogP contribution in [0.2, 0.25) is 0 Å². The van der Waals surface area contributed by atoms with Crippen molar-refractivity contribution in [2.45, 2.75) is 6.54 Å². The molecule has 0 N–H and O–H groups in total. The Morgan fingerprint density at radius 3 is 2.34 bits per heavy atom. The quantitative estimate of drug-likeness (QED) is 0.449. The van der Waals surface area contributed by atoms with Crippen LogP contribution >= 0.6 is 11.8 Å². The lowest BCUT2D eigenvalue weighted by molar-refractivity contribution is -0.123. The molecule has 0 bridgehead atoms. The molecule has 0 aliphatic carbocycles. The molecule has 5 rings (SSSR count). The normalized spacial score (nSPS) is 17.0. The summed E-state index contributed by atoms with van der Waals surface area (Å²) in [6.45, 7) is 1.13. The van der Waals surface area contributed by atoms with Gasteiger partial charge < -0.3 is 14.2 Å². The number of carbonyl (C=O) groups excluding carboxylic acids is 4. The molecule has 3 aromatic rings. The average Bonchev–Trinajstić information content (AvgIpc) is 3.54. The number of nitrogens with zero attached hydrogens (tertiary/aromatic N) is 3. The molecule has 38 heavy (non-hydrogen) atoms. The van der Waals surface area contributed by atoms with Gasteiger partial charge in [-0.15, -0.1) is 0 Å². The van der Waals surface area contributed by atoms with Gasteiger partial charge in [-0.3, -0.25) is 24.1 Å². The second kappa shape index (κ2) is 10.6. The van der Waals surface area contributed by atoms with Crippen molar-refractivity contribution in [3.05, 3.63) is 99.9 Å². The fraction of sp³-hybridized carbons (Fsp3) is 0.185. The van der Waals surface area contributed by atoms with Gasteiger partial charge >= 0.3 is 0 Å². The molecular weight excluding hydrogens is 516 g/mol. The van der Waals surface area contributed by atoms with Crippen LogP contribution in [0.15, 0.2) is 70.2 Å². The van der Waals surface area contributed by atoms with E-state index in [4.69, 9.17) is 4.42 Å². The van der Waals surface area contributed by atoms with E-state index in [1.807, 2.05) is 0 Å². The summed E-state index contributed by atoms with van der Waals surface area (Å²) in [4.78, 5) is 55.1. The summed E-state index contributed by atoms with van der Waals surface area (Å²) < 4.78 is 32.4. The molecule has 0 unspecified atom stereocenters. The summed E-state index contributed by atoms with van der Waals surface area (Å²) in [6.07, 6.45) is 2.94. The van der Waals surface area contributed by atoms with E-state index in [0.29, 0.717) is 55.1 Å². The number of furan rings is 1. The van der Waals surface area contributed by atoms with Gasteiger partial charge in [0.15, 0.2) is 5.76 Å². The number of rotatable bonds is 5. The van der Waals surface area contributed by atoms with E-state index < -0.39 is 22.8 Å². The van der Waals surface area contributed by atoms with Gasteiger partial charge in [0, 0.05) is 43.4 Å². The molecule has 2 saturated heterocycles. The Hall–Kier alpha value is -4.25. The first kappa shape index (κ1) is 25.4. The van der Waals surface area contributed by atoms with Gasteiger partial charge in [0.05, 0.1) is 17.7 Å². The molecule has 8 nitrogen and oxygen atoms in total. The van der Waals surface area contributed by atoms with Crippen molar-refractivity contribution in [3.8, 4) is 0 Å². The third-order valence-corrected chi connectivity index (χ3v) is 7.14. The third kappa shape index (κ3) is 5.23. The molecule has 2 aromatic carbocycles. The number of benzene rings is 2. The van der Waals surface area contributed by atoms with Crippen LogP contribution in [0.25, 0.3) is 6.08 Å². The maximum absolute atomic E-state index is 14.0. The van der Waals surface area contributed by atoms with Gasteiger partial charge in [-0.2, -0.15) is 0 Å². The van der Waals surface area contributed by atoms with E-state index in [1.165, 1.54) is 18.4 Å². The highest BCUT2D eigenvalue weighted by Crippen LogP contribution is 2.33. The Kier molecular flexibility index (Phi) is 7.10. The number of thioether (sulfide) groups is 1. The summed E-state index contributed by atoms with van der Waals surface area (Å²) in [6, 6.07) is 12.8. The van der Waals surface area contributed by atoms with E-state index in [-0.39, 0.29) is 34.6 Å². The molecule has 2 aliphatic rings. The van der Waals surface area contributed by atoms with Gasteiger partial charge in [0.25, 0.3) is 23.0 Å². The first-order valence-corrected chi connectivity index (χ1v) is 12.5. The van der Waals surface area contributed by atoms with Crippen molar-refractivity contribution in [1.82, 2.24) is 14.7 Å². The maximum Gasteiger partial charge on any atom is 0.293 e. The lowest BCUT2D eigenvalue weighted by atomic mass is 10.1. The maximum atomic E-state index is 14.0. The number of amides is 4. The molecule has 1 aromatic heterocycles. The fourth-order valence-corrected chi connectivity index (χ4v) is 5.06. The average molecular weight is 538 g/mol. The predicted octanol–water partition coefficient (Wildman–Crippen LogP) is 4.39. The van der Waals surface area contributed by atoms with Crippen molar-refractivity contribution in [2.24, 2.45) is 0 Å². The zero-order valence-electron chi connectivity index (χ0n) is 19.9. The smallest absolute Gasteiger partial charge is 0.293 e. The first-order chi connectivity index (χ1) is 18.3. The van der Waals surface area contributed by atoms with Gasteiger partial charge in [0.2, 0.25) is 0 Å². The Bertz CT molecular complexity index is 1450. The van der Waals surface area contributed by atoms with E-state index >= 15 is 0 Å². The van der Waals surface area contributed by atoms with Crippen LogP contribution in [0, 0.1) is 11.6 Å². The number of hydrogen-bond donors (Lipinski definition) is 0. The number of carbonyl (C=O) groups is 4. The van der Waals surface area contributed by atoms with Crippen LogP contribution in [0.3, 0.4) is 0 Å². The summed E-state index contributed by atoms with van der Waals surface area (Å²) in [5, 5.41) is -0.570. The Labute approximate surface area is 220 Å². The van der Waals surface area contributed by atoms with Gasteiger partial charge in [-0.05, 0) is 53.7 Å². The molecule has 0 radical (unpaired) electrons. The summed E-state index contributed by atoms with van der Waals surface area (Å²) in [7, 11) is 0. The molecule has 0 atom stereocenters. The number of piperazine rings is 1. The molecule has 0 spiro atoms. The number of halogens is 2. The second-order valence-corrected chi connectivity index (χ2v) is 9.68. The van der Waals surface area contributed by atoms with Crippen LogP contribution in [0.4, 0.5) is 13.6 Å². The standard InChI is InChI=1S/C27H21F2N3O5S/c28-20-7-6-19(21(29)15-20)16-32-26(35)23(38-27(32)36)14-17-3-1-4-18(13-17)24(33)30-8-10-31(11-9-30)25(34)22-5-2-12-37-22/h1-7,12-15H,8-11,16H2. The zero-order chi connectivity index (χ0) is 26.8. The molecule has 2 fully saturated rings. The number of imide groups is 1. The van der Waals surface area contributed by atoms with Crippen LogP contribution in [-0.4, -0.2) is 63.8 Å². The van der Waals surface area contributed by atoms with Crippen LogP contribution in [-0.2, 0) is 11.3 Å². The minimum absolute atomic E-state index is 0.0218. The minimum atomic E-state index is -0.842. The van der Waals surface area contributed by atoms with E-state index in [2.05, 4.69) is 0 Å². The van der Waals surface area contributed by atoms with Crippen molar-refractivity contribution >= 4 is 40.8 Å². The summed E-state index contributed by atoms with van der Waals surface area (Å²) in [5.74, 6) is -2.38. The largest absolute Gasteiger partial charge is 0.459 e. The zero-order valence-corrected chi connectivity index (χ0v) is 20.7. The second-order valence-electron chi connectivity index (χ2n) is 8.69. The Morgan fingerprint density at radius 1 is 0.921 bits per heavy atom. The Morgan fingerprint density at radius 2 is 1.66 bits per heavy atom. The molecule has 11 heteroatoms. The van der Waals surface area contributed by atoms with Crippen LogP contribution in [0.5, 0.6) is 0 Å². The predicted molar refractivity (Wildman–Crippen MR) is 135 cm³/mol. The highest BCUT2D eigenvalue weighted by atomic mass is 32.2. The lowest BCUT2D eigenvalue weighted by Gasteiger charge is -2.34. The van der Waals surface area contributed by atoms with Crippen molar-refractivity contribution in [3.63, 3.8) is 0 Å². The van der Waals surface area contributed by atoms with E-state index in [1.54, 1.807) is 46.2 Å². The SMILES string of the molecule is O=C(c1cccc(C=C2SC(=O)N(Cc3ccc(F)cc3F)C2=O)c1)N1CCN(C(=O)c2ccco2)CC1. The van der Waals surface area contributed by atoms with Crippen molar-refractivity contribution in [1.29, 1.82) is 0 Å². The topological polar surface area (TPSA) is 91.1 Å². The highest BCUT2D eigenvalue weighted by Gasteiger charge is 2.35. The summed E-state index contributed by atoms with van der Waals surface area (Å²) in [5.41, 5.74) is 0.964. The molecular formula is C27H21F2N3O5S. The molecule has 3 heterocycles. The van der Waals surface area contributed by atoms with Crippen LogP contribution in [0.1, 0.15) is 32.0 Å². The fourth-order valence-electron chi connectivity index (χ4n) is 4.22. The van der Waals surface area contributed by atoms with E-state index in [9.17, 15) is 28.0 Å². The molecule has 194 valence electrons.